The van der Waals surface area contributed by atoms with E-state index in [-0.39, 0.29) is 11.3 Å². The van der Waals surface area contributed by atoms with Gasteiger partial charge in [-0.2, -0.15) is 0 Å². The maximum Gasteiger partial charge on any atom is 0.230 e. The number of para-hydroxylation sites is 1. The van der Waals surface area contributed by atoms with Crippen LogP contribution in [-0.4, -0.2) is 30.9 Å². The van der Waals surface area contributed by atoms with E-state index in [2.05, 4.69) is 24.2 Å². The molecular weight excluding hydrogens is 236 g/mol. The summed E-state index contributed by atoms with van der Waals surface area (Å²) >= 11 is 0. The molecule has 0 unspecified atom stereocenters. The summed E-state index contributed by atoms with van der Waals surface area (Å²) in [6, 6.07) is 9.68. The maximum absolute atomic E-state index is 12.3. The molecule has 0 atom stereocenters. The third-order valence-corrected chi connectivity index (χ3v) is 3.67. The van der Waals surface area contributed by atoms with Crippen LogP contribution in [0.15, 0.2) is 30.3 Å². The molecule has 0 bridgehead atoms. The van der Waals surface area contributed by atoms with Gasteiger partial charge in [-0.3, -0.25) is 4.79 Å². The molecular formula is C16H26N2O. The van der Waals surface area contributed by atoms with E-state index in [1.807, 2.05) is 44.2 Å². The van der Waals surface area contributed by atoms with Crippen molar-refractivity contribution >= 4 is 11.6 Å². The minimum Gasteiger partial charge on any atom is -0.326 e. The summed E-state index contributed by atoms with van der Waals surface area (Å²) in [5, 5.41) is 3.01. The van der Waals surface area contributed by atoms with Crippen LogP contribution < -0.4 is 5.32 Å². The van der Waals surface area contributed by atoms with Gasteiger partial charge in [-0.15, -0.1) is 0 Å². The fourth-order valence-electron chi connectivity index (χ4n) is 2.14. The van der Waals surface area contributed by atoms with Crippen molar-refractivity contribution in [1.82, 2.24) is 4.90 Å². The van der Waals surface area contributed by atoms with Gasteiger partial charge in [0.1, 0.15) is 0 Å². The van der Waals surface area contributed by atoms with Crippen LogP contribution in [0.1, 0.15) is 33.6 Å². The first-order chi connectivity index (χ1) is 9.10. The first kappa shape index (κ1) is 15.7. The van der Waals surface area contributed by atoms with Gasteiger partial charge in [0.15, 0.2) is 0 Å². The monoisotopic (exact) mass is 262 g/mol. The summed E-state index contributed by atoms with van der Waals surface area (Å²) in [4.78, 5) is 14.5. The summed E-state index contributed by atoms with van der Waals surface area (Å²) < 4.78 is 0. The lowest BCUT2D eigenvalue weighted by Gasteiger charge is -2.36. The molecule has 19 heavy (non-hydrogen) atoms. The molecule has 1 aromatic rings. The highest BCUT2D eigenvalue weighted by molar-refractivity contribution is 5.95. The highest BCUT2D eigenvalue weighted by Crippen LogP contribution is 2.31. The van der Waals surface area contributed by atoms with Crippen LogP contribution in [0.3, 0.4) is 0 Å². The molecule has 0 aliphatic carbocycles. The van der Waals surface area contributed by atoms with Crippen LogP contribution in [-0.2, 0) is 4.79 Å². The Hall–Kier alpha value is -1.35. The van der Waals surface area contributed by atoms with E-state index in [0.29, 0.717) is 0 Å². The molecule has 1 N–H and O–H groups in total. The van der Waals surface area contributed by atoms with Crippen molar-refractivity contribution < 1.29 is 4.79 Å². The molecule has 0 radical (unpaired) electrons. The molecule has 0 spiro atoms. The van der Waals surface area contributed by atoms with Crippen molar-refractivity contribution in [3.05, 3.63) is 30.3 Å². The highest BCUT2D eigenvalue weighted by Gasteiger charge is 2.35. The van der Waals surface area contributed by atoms with Crippen molar-refractivity contribution in [2.45, 2.75) is 33.6 Å². The van der Waals surface area contributed by atoms with Crippen molar-refractivity contribution in [3.63, 3.8) is 0 Å². The molecule has 1 aromatic carbocycles. The normalized spacial score (nSPS) is 18.1. The number of nitrogens with one attached hydrogen (secondary N) is 1. The van der Waals surface area contributed by atoms with E-state index in [9.17, 15) is 4.79 Å². The van der Waals surface area contributed by atoms with Crippen LogP contribution in [0.5, 0.6) is 0 Å². The molecule has 1 aliphatic heterocycles. The van der Waals surface area contributed by atoms with Gasteiger partial charge in [0.2, 0.25) is 5.91 Å². The zero-order chi connectivity index (χ0) is 14.3. The summed E-state index contributed by atoms with van der Waals surface area (Å²) in [6.07, 6.45) is 1.87. The summed E-state index contributed by atoms with van der Waals surface area (Å²) in [5.74, 6) is 0.150. The number of rotatable bonds is 2. The van der Waals surface area contributed by atoms with Crippen LogP contribution in [0.2, 0.25) is 0 Å². The van der Waals surface area contributed by atoms with Gasteiger partial charge in [0, 0.05) is 11.1 Å². The molecule has 106 valence electrons. The van der Waals surface area contributed by atoms with Gasteiger partial charge >= 0.3 is 0 Å². The van der Waals surface area contributed by atoms with Crippen LogP contribution in [0.4, 0.5) is 5.69 Å². The second-order valence-corrected chi connectivity index (χ2v) is 5.18. The fourth-order valence-corrected chi connectivity index (χ4v) is 2.14. The van der Waals surface area contributed by atoms with E-state index >= 15 is 0 Å². The Bertz CT molecular complexity index is 381. The topological polar surface area (TPSA) is 32.3 Å². The number of anilines is 1. The smallest absolute Gasteiger partial charge is 0.230 e. The Balaban J connectivity index is 0.000000861. The largest absolute Gasteiger partial charge is 0.326 e. The number of likely N-dealkylation sites (tertiary alicyclic amines) is 1. The number of nitrogens with zero attached hydrogens (tertiary/aromatic N) is 1. The molecule has 1 fully saturated rings. The van der Waals surface area contributed by atoms with E-state index in [4.69, 9.17) is 0 Å². The van der Waals surface area contributed by atoms with Crippen molar-refractivity contribution in [3.8, 4) is 0 Å². The zero-order valence-corrected chi connectivity index (χ0v) is 12.6. The van der Waals surface area contributed by atoms with Gasteiger partial charge < -0.3 is 10.2 Å². The average Bonchev–Trinajstić information content (AvgIpc) is 2.45. The number of benzene rings is 1. The Morgan fingerprint density at radius 2 is 1.68 bits per heavy atom. The molecule has 1 saturated heterocycles. The molecule has 1 amide bonds. The third kappa shape index (κ3) is 4.35. The summed E-state index contributed by atoms with van der Waals surface area (Å²) in [7, 11) is 2.11. The summed E-state index contributed by atoms with van der Waals surface area (Å²) in [6.45, 7) is 8.07. The van der Waals surface area contributed by atoms with E-state index < -0.39 is 0 Å². The number of carbonyl (C=O) groups is 1. The predicted octanol–water partition coefficient (Wildman–Crippen LogP) is 3.38. The standard InChI is InChI=1S/C14H20N2O.C2H6/c1-14(8-10-16(2)11-9-14)13(17)15-12-6-4-3-5-7-12;1-2/h3-7H,8-11H2,1-2H3,(H,15,17);1-2H3. The molecule has 1 aliphatic rings. The van der Waals surface area contributed by atoms with Crippen molar-refractivity contribution in [1.29, 1.82) is 0 Å². The van der Waals surface area contributed by atoms with Crippen LogP contribution >= 0.6 is 0 Å². The number of amides is 1. The predicted molar refractivity (Wildman–Crippen MR) is 81.3 cm³/mol. The Morgan fingerprint density at radius 1 is 1.16 bits per heavy atom. The molecule has 3 nitrogen and oxygen atoms in total. The number of piperidine rings is 1. The summed E-state index contributed by atoms with van der Waals surface area (Å²) in [5.41, 5.74) is 0.667. The number of carbonyl (C=O) groups excluding carboxylic acids is 1. The first-order valence-corrected chi connectivity index (χ1v) is 7.15. The van der Waals surface area contributed by atoms with E-state index in [0.717, 1.165) is 31.6 Å². The van der Waals surface area contributed by atoms with Gasteiger partial charge in [-0.05, 0) is 45.1 Å². The molecule has 2 rings (SSSR count). The zero-order valence-electron chi connectivity index (χ0n) is 12.6. The van der Waals surface area contributed by atoms with E-state index in [1.165, 1.54) is 0 Å². The van der Waals surface area contributed by atoms with Gasteiger partial charge in [0.25, 0.3) is 0 Å². The first-order valence-electron chi connectivity index (χ1n) is 7.15. The average molecular weight is 262 g/mol. The van der Waals surface area contributed by atoms with Crippen LogP contribution in [0, 0.1) is 5.41 Å². The minimum absolute atomic E-state index is 0.150. The third-order valence-electron chi connectivity index (χ3n) is 3.67. The molecule has 1 heterocycles. The quantitative estimate of drug-likeness (QED) is 0.886. The number of hydrogen-bond donors (Lipinski definition) is 1. The molecule has 0 aromatic heterocycles. The van der Waals surface area contributed by atoms with E-state index in [1.54, 1.807) is 0 Å². The lowest BCUT2D eigenvalue weighted by Crippen LogP contribution is -2.43. The SMILES string of the molecule is CC.CN1CCC(C)(C(=O)Nc2ccccc2)CC1. The van der Waals surface area contributed by atoms with Crippen molar-refractivity contribution in [2.24, 2.45) is 5.41 Å². The lowest BCUT2D eigenvalue weighted by atomic mass is 9.79. The number of hydrogen-bond acceptors (Lipinski definition) is 2. The Kier molecular flexibility index (Phi) is 6.03. The lowest BCUT2D eigenvalue weighted by molar-refractivity contribution is -0.127. The second kappa shape index (κ2) is 7.29. The minimum atomic E-state index is -0.220. The van der Waals surface area contributed by atoms with Gasteiger partial charge in [0.05, 0.1) is 0 Å². The Labute approximate surface area is 117 Å². The molecule has 0 saturated carbocycles. The second-order valence-electron chi connectivity index (χ2n) is 5.18. The Morgan fingerprint density at radius 3 is 2.21 bits per heavy atom. The van der Waals surface area contributed by atoms with Crippen molar-refractivity contribution in [2.75, 3.05) is 25.5 Å². The van der Waals surface area contributed by atoms with Gasteiger partial charge in [-0.1, -0.05) is 39.0 Å². The fraction of sp³-hybridized carbons (Fsp3) is 0.562. The van der Waals surface area contributed by atoms with Crippen LogP contribution in [0.25, 0.3) is 0 Å². The maximum atomic E-state index is 12.3. The molecule has 3 heteroatoms. The van der Waals surface area contributed by atoms with Gasteiger partial charge in [-0.25, -0.2) is 0 Å². The highest BCUT2D eigenvalue weighted by atomic mass is 16.2.